The van der Waals surface area contributed by atoms with Crippen molar-refractivity contribution in [2.24, 2.45) is 0 Å². The van der Waals surface area contributed by atoms with Gasteiger partial charge in [0, 0.05) is 0 Å². The van der Waals surface area contributed by atoms with Crippen LogP contribution in [0.1, 0.15) is 20.8 Å². The number of ether oxygens (including phenoxy) is 1. The Morgan fingerprint density at radius 2 is 1.95 bits per heavy atom. The van der Waals surface area contributed by atoms with Crippen LogP contribution < -0.4 is 4.90 Å². The summed E-state index contributed by atoms with van der Waals surface area (Å²) < 4.78 is 18.9. The summed E-state index contributed by atoms with van der Waals surface area (Å²) in [5.74, 6) is -2.91. The molecule has 1 aromatic rings. The van der Waals surface area contributed by atoms with Gasteiger partial charge in [-0.2, -0.15) is 0 Å². The zero-order valence-electron chi connectivity index (χ0n) is 12.0. The molecule has 1 N–H and O–H groups in total. The number of carbonyl (C=O) groups excluding carboxylic acids is 2. The molecule has 1 aliphatic heterocycles. The number of esters is 1. The van der Waals surface area contributed by atoms with Crippen LogP contribution in [-0.2, 0) is 14.3 Å². The second kappa shape index (κ2) is 5.20. The van der Waals surface area contributed by atoms with Gasteiger partial charge < -0.3 is 9.84 Å². The van der Waals surface area contributed by atoms with Crippen LogP contribution in [0.4, 0.5) is 10.1 Å². The van der Waals surface area contributed by atoms with Crippen molar-refractivity contribution >= 4 is 17.6 Å². The largest absolute Gasteiger partial charge is 0.503 e. The number of hydrogen-bond donors (Lipinski definition) is 1. The van der Waals surface area contributed by atoms with E-state index in [2.05, 4.69) is 0 Å². The van der Waals surface area contributed by atoms with Crippen molar-refractivity contribution in [3.63, 3.8) is 0 Å². The van der Waals surface area contributed by atoms with E-state index in [-0.39, 0.29) is 17.8 Å². The first kappa shape index (κ1) is 15.0. The van der Waals surface area contributed by atoms with Crippen molar-refractivity contribution in [1.82, 2.24) is 0 Å². The van der Waals surface area contributed by atoms with Crippen LogP contribution in [0.2, 0.25) is 0 Å². The van der Waals surface area contributed by atoms with Crippen LogP contribution in [0, 0.1) is 5.82 Å². The first-order chi connectivity index (χ1) is 9.70. The molecule has 0 aromatic heterocycles. The molecule has 0 radical (unpaired) electrons. The predicted molar refractivity (Wildman–Crippen MR) is 74.3 cm³/mol. The topological polar surface area (TPSA) is 66.8 Å². The lowest BCUT2D eigenvalue weighted by atomic mass is 10.2. The van der Waals surface area contributed by atoms with E-state index in [1.54, 1.807) is 26.8 Å². The summed E-state index contributed by atoms with van der Waals surface area (Å²) >= 11 is 0. The van der Waals surface area contributed by atoms with E-state index in [4.69, 9.17) is 4.74 Å². The molecule has 1 amide bonds. The molecule has 5 nitrogen and oxygen atoms in total. The van der Waals surface area contributed by atoms with Gasteiger partial charge in [0.15, 0.2) is 5.76 Å². The minimum absolute atomic E-state index is 0.00705. The predicted octanol–water partition coefficient (Wildman–Crippen LogP) is 2.33. The third-order valence-electron chi connectivity index (χ3n) is 2.84. The zero-order valence-corrected chi connectivity index (χ0v) is 12.0. The van der Waals surface area contributed by atoms with Gasteiger partial charge in [0.05, 0.1) is 12.2 Å². The fraction of sp³-hybridized carbons (Fsp3) is 0.333. The van der Waals surface area contributed by atoms with Gasteiger partial charge in [-0.05, 0) is 32.9 Å². The van der Waals surface area contributed by atoms with E-state index in [1.807, 2.05) is 0 Å². The smallest absolute Gasteiger partial charge is 0.340 e. The highest BCUT2D eigenvalue weighted by atomic mass is 19.1. The third kappa shape index (κ3) is 3.04. The molecule has 0 bridgehead atoms. The number of amides is 1. The maximum atomic E-state index is 13.7. The molecule has 0 aliphatic carbocycles. The molecule has 0 saturated heterocycles. The number of para-hydroxylation sites is 1. The third-order valence-corrected chi connectivity index (χ3v) is 2.84. The molecule has 0 atom stereocenters. The van der Waals surface area contributed by atoms with Crippen LogP contribution >= 0.6 is 0 Å². The van der Waals surface area contributed by atoms with Crippen molar-refractivity contribution in [2.75, 3.05) is 11.4 Å². The van der Waals surface area contributed by atoms with Gasteiger partial charge in [-0.25, -0.2) is 9.18 Å². The Kier molecular flexibility index (Phi) is 3.72. The SMILES string of the molecule is CC(C)(C)OC(=O)C1=C(O)C(=O)N(c2ccccc2F)C1. The summed E-state index contributed by atoms with van der Waals surface area (Å²) in [7, 11) is 0. The van der Waals surface area contributed by atoms with E-state index < -0.39 is 29.1 Å². The minimum Gasteiger partial charge on any atom is -0.503 e. The number of halogens is 1. The highest BCUT2D eigenvalue weighted by Crippen LogP contribution is 2.28. The lowest BCUT2D eigenvalue weighted by molar-refractivity contribution is -0.150. The van der Waals surface area contributed by atoms with Gasteiger partial charge in [0.25, 0.3) is 5.91 Å². The number of aliphatic hydroxyl groups is 1. The maximum absolute atomic E-state index is 13.7. The normalized spacial score (nSPS) is 15.6. The molecular formula is C15H16FNO4. The van der Waals surface area contributed by atoms with E-state index in [9.17, 15) is 19.1 Å². The Labute approximate surface area is 121 Å². The van der Waals surface area contributed by atoms with E-state index in [0.29, 0.717) is 0 Å². The van der Waals surface area contributed by atoms with Crippen molar-refractivity contribution < 1.29 is 23.8 Å². The Hall–Kier alpha value is -2.37. The van der Waals surface area contributed by atoms with Crippen molar-refractivity contribution in [3.8, 4) is 0 Å². The molecule has 1 aliphatic rings. The first-order valence-electron chi connectivity index (χ1n) is 6.42. The van der Waals surface area contributed by atoms with Gasteiger partial charge in [-0.1, -0.05) is 12.1 Å². The monoisotopic (exact) mass is 293 g/mol. The average Bonchev–Trinajstić information content (AvgIpc) is 2.65. The standard InChI is InChI=1S/C15H16FNO4/c1-15(2,3)21-14(20)9-8-17(13(19)12(9)18)11-7-5-4-6-10(11)16/h4-7,18H,8H2,1-3H3. The maximum Gasteiger partial charge on any atom is 0.340 e. The summed E-state index contributed by atoms with van der Waals surface area (Å²) in [6.45, 7) is 4.80. The Morgan fingerprint density at radius 1 is 1.33 bits per heavy atom. The second-order valence-electron chi connectivity index (χ2n) is 5.67. The molecule has 21 heavy (non-hydrogen) atoms. The van der Waals surface area contributed by atoms with Gasteiger partial charge in [-0.3, -0.25) is 9.69 Å². The fourth-order valence-corrected chi connectivity index (χ4v) is 1.93. The highest BCUT2D eigenvalue weighted by Gasteiger charge is 2.37. The van der Waals surface area contributed by atoms with E-state index in [1.165, 1.54) is 18.2 Å². The molecule has 1 heterocycles. The number of benzene rings is 1. The zero-order chi connectivity index (χ0) is 15.8. The number of hydrogen-bond acceptors (Lipinski definition) is 4. The van der Waals surface area contributed by atoms with Gasteiger partial charge in [0.1, 0.15) is 17.0 Å². The average molecular weight is 293 g/mol. The van der Waals surface area contributed by atoms with Crippen molar-refractivity contribution in [1.29, 1.82) is 0 Å². The van der Waals surface area contributed by atoms with Crippen LogP contribution in [0.15, 0.2) is 35.6 Å². The summed E-state index contributed by atoms with van der Waals surface area (Å²) in [6.07, 6.45) is 0. The van der Waals surface area contributed by atoms with Crippen LogP contribution in [0.5, 0.6) is 0 Å². The van der Waals surface area contributed by atoms with Gasteiger partial charge in [0.2, 0.25) is 0 Å². The molecular weight excluding hydrogens is 277 g/mol. The Bertz CT molecular complexity index is 631. The highest BCUT2D eigenvalue weighted by molar-refractivity contribution is 6.13. The summed E-state index contributed by atoms with van der Waals surface area (Å²) in [4.78, 5) is 25.0. The molecule has 112 valence electrons. The van der Waals surface area contributed by atoms with Crippen molar-refractivity contribution in [2.45, 2.75) is 26.4 Å². The molecule has 0 saturated carbocycles. The van der Waals surface area contributed by atoms with E-state index in [0.717, 1.165) is 4.90 Å². The molecule has 2 rings (SSSR count). The summed E-state index contributed by atoms with van der Waals surface area (Å²) in [5.41, 5.74) is -0.912. The Balaban J connectivity index is 2.26. The number of nitrogens with zero attached hydrogens (tertiary/aromatic N) is 1. The number of rotatable bonds is 2. The lowest BCUT2D eigenvalue weighted by Crippen LogP contribution is -2.29. The number of anilines is 1. The molecule has 6 heteroatoms. The van der Waals surface area contributed by atoms with Gasteiger partial charge in [-0.15, -0.1) is 0 Å². The molecule has 0 unspecified atom stereocenters. The first-order valence-corrected chi connectivity index (χ1v) is 6.42. The van der Waals surface area contributed by atoms with Crippen LogP contribution in [0.3, 0.4) is 0 Å². The second-order valence-corrected chi connectivity index (χ2v) is 5.67. The summed E-state index contributed by atoms with van der Waals surface area (Å²) in [5, 5.41) is 9.81. The minimum atomic E-state index is -0.819. The lowest BCUT2D eigenvalue weighted by Gasteiger charge is -2.20. The fourth-order valence-electron chi connectivity index (χ4n) is 1.93. The molecule has 0 spiro atoms. The number of carbonyl (C=O) groups is 2. The molecule has 0 fully saturated rings. The van der Waals surface area contributed by atoms with Gasteiger partial charge >= 0.3 is 5.97 Å². The summed E-state index contributed by atoms with van der Waals surface area (Å²) in [6, 6.07) is 5.65. The quantitative estimate of drug-likeness (QED) is 0.850. The van der Waals surface area contributed by atoms with Crippen LogP contribution in [-0.4, -0.2) is 29.1 Å². The number of aliphatic hydroxyl groups excluding tert-OH is 1. The molecule has 1 aromatic carbocycles. The van der Waals surface area contributed by atoms with Crippen LogP contribution in [0.25, 0.3) is 0 Å². The van der Waals surface area contributed by atoms with Crippen molar-refractivity contribution in [3.05, 3.63) is 41.4 Å². The Morgan fingerprint density at radius 3 is 2.52 bits per heavy atom. The van der Waals surface area contributed by atoms with E-state index >= 15 is 0 Å².